The lowest BCUT2D eigenvalue weighted by molar-refractivity contribution is 0.0268. The van der Waals surface area contributed by atoms with Crippen LogP contribution in [-0.4, -0.2) is 48.3 Å². The highest BCUT2D eigenvalue weighted by Crippen LogP contribution is 2.25. The second-order valence-corrected chi connectivity index (χ2v) is 5.89. The minimum absolute atomic E-state index is 0.0654. The van der Waals surface area contributed by atoms with Crippen molar-refractivity contribution in [2.45, 2.75) is 47.1 Å². The fourth-order valence-corrected chi connectivity index (χ4v) is 2.79. The summed E-state index contributed by atoms with van der Waals surface area (Å²) in [4.78, 5) is 14.8. The largest absolute Gasteiger partial charge is 0.508 e. The number of rotatable bonds is 10. The number of esters is 1. The van der Waals surface area contributed by atoms with E-state index in [2.05, 4.69) is 32.6 Å². The summed E-state index contributed by atoms with van der Waals surface area (Å²) < 4.78 is 11.0. The molecule has 1 unspecified atom stereocenters. The second-order valence-electron chi connectivity index (χ2n) is 5.89. The number of aromatic hydroxyl groups is 1. The number of phenols is 1. The Balaban J connectivity index is 2.85. The molecular formula is C19H31NO4. The van der Waals surface area contributed by atoms with E-state index < -0.39 is 5.97 Å². The maximum Gasteiger partial charge on any atom is 0.341 e. The molecule has 1 N–H and O–H groups in total. The van der Waals surface area contributed by atoms with Gasteiger partial charge in [0.15, 0.2) is 0 Å². The third-order valence-corrected chi connectivity index (χ3v) is 4.45. The van der Waals surface area contributed by atoms with Crippen molar-refractivity contribution >= 4 is 5.97 Å². The van der Waals surface area contributed by atoms with Gasteiger partial charge in [0.1, 0.15) is 23.7 Å². The molecule has 2 atom stereocenters. The third-order valence-electron chi connectivity index (χ3n) is 4.45. The van der Waals surface area contributed by atoms with E-state index >= 15 is 0 Å². The lowest BCUT2D eigenvalue weighted by Crippen LogP contribution is -2.43. The Morgan fingerprint density at radius 1 is 1.21 bits per heavy atom. The zero-order valence-corrected chi connectivity index (χ0v) is 15.5. The van der Waals surface area contributed by atoms with Crippen molar-refractivity contribution in [2.24, 2.45) is 5.92 Å². The molecule has 0 fully saturated rings. The van der Waals surface area contributed by atoms with Gasteiger partial charge in [0.05, 0.1) is 6.61 Å². The lowest BCUT2D eigenvalue weighted by atomic mass is 9.98. The predicted octanol–water partition coefficient (Wildman–Crippen LogP) is 3.70. The molecule has 1 aromatic carbocycles. The van der Waals surface area contributed by atoms with Gasteiger partial charge in [-0.3, -0.25) is 4.90 Å². The van der Waals surface area contributed by atoms with Crippen LogP contribution >= 0.6 is 0 Å². The van der Waals surface area contributed by atoms with Gasteiger partial charge in [-0.15, -0.1) is 0 Å². The fourth-order valence-electron chi connectivity index (χ4n) is 2.79. The monoisotopic (exact) mass is 337 g/mol. The Bertz CT molecular complexity index is 514. The first kappa shape index (κ1) is 20.3. The number of carbonyl (C=O) groups excluding carboxylic acids is 1. The van der Waals surface area contributed by atoms with Crippen LogP contribution in [0.5, 0.6) is 11.5 Å². The summed E-state index contributed by atoms with van der Waals surface area (Å²) >= 11 is 0. The van der Waals surface area contributed by atoms with Gasteiger partial charge in [0, 0.05) is 12.1 Å². The van der Waals surface area contributed by atoms with Crippen LogP contribution in [-0.2, 0) is 4.74 Å². The van der Waals surface area contributed by atoms with Gasteiger partial charge in [0.25, 0.3) is 0 Å². The number of nitrogens with zero attached hydrogens (tertiary/aromatic N) is 1. The molecule has 0 saturated heterocycles. The minimum atomic E-state index is -0.418. The number of carbonyl (C=O) groups is 1. The number of likely N-dealkylation sites (N-methyl/N-ethyl adjacent to an activating group) is 1. The summed E-state index contributed by atoms with van der Waals surface area (Å²) in [6.45, 7) is 13.0. The molecule has 0 spiro atoms. The molecule has 0 saturated carbocycles. The van der Waals surface area contributed by atoms with Crippen LogP contribution in [0.4, 0.5) is 0 Å². The van der Waals surface area contributed by atoms with Gasteiger partial charge in [-0.2, -0.15) is 0 Å². The molecule has 24 heavy (non-hydrogen) atoms. The van der Waals surface area contributed by atoms with E-state index in [-0.39, 0.29) is 11.8 Å². The zero-order valence-electron chi connectivity index (χ0n) is 15.5. The average molecular weight is 337 g/mol. The molecule has 0 radical (unpaired) electrons. The van der Waals surface area contributed by atoms with Crippen LogP contribution in [0, 0.1) is 5.92 Å². The van der Waals surface area contributed by atoms with Crippen molar-refractivity contribution in [1.29, 1.82) is 0 Å². The predicted molar refractivity (Wildman–Crippen MR) is 95.7 cm³/mol. The Morgan fingerprint density at radius 2 is 1.88 bits per heavy atom. The maximum atomic E-state index is 12.5. The molecule has 0 aliphatic rings. The van der Waals surface area contributed by atoms with Crippen LogP contribution in [0.25, 0.3) is 0 Å². The number of hydrogen-bond donors (Lipinski definition) is 1. The fraction of sp³-hybridized carbons (Fsp3) is 0.632. The van der Waals surface area contributed by atoms with E-state index in [1.54, 1.807) is 6.07 Å². The number of phenolic OH excluding ortho intramolecular Hbond substituents is 1. The molecule has 0 aromatic heterocycles. The first-order chi connectivity index (χ1) is 11.5. The van der Waals surface area contributed by atoms with Crippen LogP contribution in [0.1, 0.15) is 51.4 Å². The second kappa shape index (κ2) is 10.2. The van der Waals surface area contributed by atoms with Gasteiger partial charge >= 0.3 is 5.97 Å². The van der Waals surface area contributed by atoms with E-state index in [0.29, 0.717) is 30.4 Å². The highest BCUT2D eigenvalue weighted by Gasteiger charge is 2.24. The molecule has 136 valence electrons. The molecule has 1 rings (SSSR count). The van der Waals surface area contributed by atoms with Crippen molar-refractivity contribution in [1.82, 2.24) is 4.90 Å². The van der Waals surface area contributed by atoms with E-state index in [9.17, 15) is 9.90 Å². The minimum Gasteiger partial charge on any atom is -0.508 e. The first-order valence-corrected chi connectivity index (χ1v) is 8.85. The number of hydrogen-bond acceptors (Lipinski definition) is 5. The first-order valence-electron chi connectivity index (χ1n) is 8.85. The molecule has 0 bridgehead atoms. The van der Waals surface area contributed by atoms with E-state index in [4.69, 9.17) is 9.47 Å². The zero-order chi connectivity index (χ0) is 18.1. The van der Waals surface area contributed by atoms with E-state index in [1.807, 2.05) is 6.92 Å². The van der Waals surface area contributed by atoms with Crippen molar-refractivity contribution in [3.8, 4) is 11.5 Å². The van der Waals surface area contributed by atoms with Crippen LogP contribution < -0.4 is 4.74 Å². The lowest BCUT2D eigenvalue weighted by Gasteiger charge is -2.33. The molecule has 0 aliphatic heterocycles. The molecule has 0 aliphatic carbocycles. The summed E-state index contributed by atoms with van der Waals surface area (Å²) in [5, 5.41) is 9.57. The van der Waals surface area contributed by atoms with Crippen molar-refractivity contribution < 1.29 is 19.4 Å². The van der Waals surface area contributed by atoms with Gasteiger partial charge in [0.2, 0.25) is 0 Å². The summed E-state index contributed by atoms with van der Waals surface area (Å²) in [5.41, 5.74) is 0.345. The smallest absolute Gasteiger partial charge is 0.341 e. The quantitative estimate of drug-likeness (QED) is 0.660. The Labute approximate surface area is 145 Å². The van der Waals surface area contributed by atoms with Crippen LogP contribution in [0.15, 0.2) is 18.2 Å². The van der Waals surface area contributed by atoms with Crippen LogP contribution in [0.2, 0.25) is 0 Å². The van der Waals surface area contributed by atoms with Gasteiger partial charge in [-0.25, -0.2) is 4.79 Å². The Kier molecular flexibility index (Phi) is 8.61. The van der Waals surface area contributed by atoms with E-state index in [1.165, 1.54) is 12.1 Å². The highest BCUT2D eigenvalue weighted by atomic mass is 16.5. The van der Waals surface area contributed by atoms with Crippen LogP contribution in [0.3, 0.4) is 0 Å². The third kappa shape index (κ3) is 5.41. The van der Waals surface area contributed by atoms with Gasteiger partial charge < -0.3 is 14.6 Å². The van der Waals surface area contributed by atoms with Crippen molar-refractivity contribution in [3.63, 3.8) is 0 Å². The molecular weight excluding hydrogens is 306 g/mol. The Morgan fingerprint density at radius 3 is 2.42 bits per heavy atom. The standard InChI is InChI=1S/C19H31NO4/c1-6-14(5)17(20(7-2)8-3)13-24-19(22)16-11-10-15(21)12-18(16)23-9-4/h10-12,14,17,21H,6-9,13H2,1-5H3/t14?,17-/m1/s1. The van der Waals surface area contributed by atoms with Crippen molar-refractivity contribution in [2.75, 3.05) is 26.3 Å². The average Bonchev–Trinajstić information content (AvgIpc) is 2.58. The summed E-state index contributed by atoms with van der Waals surface area (Å²) in [6, 6.07) is 4.64. The molecule has 0 heterocycles. The summed E-state index contributed by atoms with van der Waals surface area (Å²) in [7, 11) is 0. The summed E-state index contributed by atoms with van der Waals surface area (Å²) in [6.07, 6.45) is 1.03. The number of benzene rings is 1. The SMILES string of the molecule is CCOc1cc(O)ccc1C(=O)OC[C@H](C(C)CC)N(CC)CC. The number of ether oxygens (including phenoxy) is 2. The summed E-state index contributed by atoms with van der Waals surface area (Å²) in [5.74, 6) is 0.434. The molecule has 5 heteroatoms. The Hall–Kier alpha value is -1.75. The van der Waals surface area contributed by atoms with E-state index in [0.717, 1.165) is 19.5 Å². The van der Waals surface area contributed by atoms with Gasteiger partial charge in [-0.05, 0) is 38.1 Å². The molecule has 1 aromatic rings. The topological polar surface area (TPSA) is 59.0 Å². The van der Waals surface area contributed by atoms with Gasteiger partial charge in [-0.1, -0.05) is 34.1 Å². The normalized spacial score (nSPS) is 13.6. The molecule has 0 amide bonds. The molecule has 5 nitrogen and oxygen atoms in total. The van der Waals surface area contributed by atoms with Crippen molar-refractivity contribution in [3.05, 3.63) is 23.8 Å². The maximum absolute atomic E-state index is 12.5. The highest BCUT2D eigenvalue weighted by molar-refractivity contribution is 5.92.